The second-order valence-electron chi connectivity index (χ2n) is 4.08. The average Bonchev–Trinajstić information content (AvgIpc) is 2.32. The van der Waals surface area contributed by atoms with Crippen molar-refractivity contribution < 1.29 is 4.79 Å². The summed E-state index contributed by atoms with van der Waals surface area (Å²) in [5, 5.41) is 3.66. The number of carbonyl (C=O) groups excluding carboxylic acids is 1. The standard InChI is InChI=1S/C14H10BrCl2NO/c1-8-2-3-12(7-13(8)15)18-14(19)9-4-10(16)6-11(17)5-9/h2-7H,1H3,(H,18,19). The Labute approximate surface area is 129 Å². The molecule has 0 heterocycles. The first-order chi connectivity index (χ1) is 8.95. The highest BCUT2D eigenvalue weighted by atomic mass is 79.9. The van der Waals surface area contributed by atoms with Crippen molar-refractivity contribution in [2.24, 2.45) is 0 Å². The SMILES string of the molecule is Cc1ccc(NC(=O)c2cc(Cl)cc(Cl)c2)cc1Br. The van der Waals surface area contributed by atoms with E-state index in [2.05, 4.69) is 21.2 Å². The van der Waals surface area contributed by atoms with E-state index in [9.17, 15) is 4.79 Å². The van der Waals surface area contributed by atoms with E-state index in [1.807, 2.05) is 25.1 Å². The molecule has 1 N–H and O–H groups in total. The molecule has 0 saturated carbocycles. The molecule has 0 spiro atoms. The first kappa shape index (κ1) is 14.4. The van der Waals surface area contributed by atoms with E-state index >= 15 is 0 Å². The van der Waals surface area contributed by atoms with Gasteiger partial charge in [0.15, 0.2) is 0 Å². The van der Waals surface area contributed by atoms with Gasteiger partial charge in [-0.1, -0.05) is 45.2 Å². The van der Waals surface area contributed by atoms with Crippen LogP contribution in [0.2, 0.25) is 10.0 Å². The Morgan fingerprint density at radius 3 is 2.32 bits per heavy atom. The number of nitrogens with one attached hydrogen (secondary N) is 1. The molecule has 0 unspecified atom stereocenters. The van der Waals surface area contributed by atoms with Crippen molar-refractivity contribution in [1.82, 2.24) is 0 Å². The summed E-state index contributed by atoms with van der Waals surface area (Å²) in [5.41, 5.74) is 2.23. The van der Waals surface area contributed by atoms with E-state index in [0.29, 0.717) is 21.3 Å². The summed E-state index contributed by atoms with van der Waals surface area (Å²) in [6, 6.07) is 10.3. The van der Waals surface area contributed by atoms with Crippen LogP contribution in [0.1, 0.15) is 15.9 Å². The minimum absolute atomic E-state index is 0.250. The number of hydrogen-bond donors (Lipinski definition) is 1. The van der Waals surface area contributed by atoms with Gasteiger partial charge in [0, 0.05) is 25.8 Å². The second-order valence-corrected chi connectivity index (χ2v) is 5.80. The van der Waals surface area contributed by atoms with Crippen molar-refractivity contribution in [2.45, 2.75) is 6.92 Å². The lowest BCUT2D eigenvalue weighted by Crippen LogP contribution is -2.11. The lowest BCUT2D eigenvalue weighted by molar-refractivity contribution is 0.102. The zero-order chi connectivity index (χ0) is 14.0. The number of hydrogen-bond acceptors (Lipinski definition) is 1. The molecule has 5 heteroatoms. The molecule has 0 saturated heterocycles. The van der Waals surface area contributed by atoms with Gasteiger partial charge >= 0.3 is 0 Å². The van der Waals surface area contributed by atoms with Crippen LogP contribution in [-0.4, -0.2) is 5.91 Å². The lowest BCUT2D eigenvalue weighted by atomic mass is 10.2. The molecule has 0 aliphatic heterocycles. The number of rotatable bonds is 2. The number of halogens is 3. The smallest absolute Gasteiger partial charge is 0.255 e. The summed E-state index contributed by atoms with van der Waals surface area (Å²) in [6.07, 6.45) is 0. The Bertz CT molecular complexity index is 623. The first-order valence-electron chi connectivity index (χ1n) is 5.49. The summed E-state index contributed by atoms with van der Waals surface area (Å²) in [4.78, 5) is 12.1. The first-order valence-corrected chi connectivity index (χ1v) is 7.04. The van der Waals surface area contributed by atoms with E-state index in [1.165, 1.54) is 0 Å². The average molecular weight is 359 g/mol. The summed E-state index contributed by atoms with van der Waals surface area (Å²) < 4.78 is 0.939. The normalized spacial score (nSPS) is 10.3. The molecular formula is C14H10BrCl2NO. The Kier molecular flexibility index (Phi) is 4.50. The predicted octanol–water partition coefficient (Wildman–Crippen LogP) is 5.32. The Morgan fingerprint density at radius 2 is 1.74 bits per heavy atom. The van der Waals surface area contributed by atoms with Crippen molar-refractivity contribution in [3.05, 3.63) is 62.0 Å². The molecular weight excluding hydrogens is 349 g/mol. The van der Waals surface area contributed by atoms with Gasteiger partial charge in [0.1, 0.15) is 0 Å². The third-order valence-electron chi connectivity index (χ3n) is 2.55. The molecule has 0 radical (unpaired) electrons. The van der Waals surface area contributed by atoms with Crippen molar-refractivity contribution in [3.63, 3.8) is 0 Å². The van der Waals surface area contributed by atoms with Crippen molar-refractivity contribution >= 4 is 50.7 Å². The number of benzene rings is 2. The largest absolute Gasteiger partial charge is 0.322 e. The molecule has 0 aliphatic carbocycles. The summed E-state index contributed by atoms with van der Waals surface area (Å²) in [5.74, 6) is -0.250. The number of anilines is 1. The topological polar surface area (TPSA) is 29.1 Å². The van der Waals surface area contributed by atoms with Gasteiger partial charge in [-0.3, -0.25) is 4.79 Å². The van der Waals surface area contributed by atoms with Gasteiger partial charge in [0.2, 0.25) is 0 Å². The molecule has 0 aromatic heterocycles. The van der Waals surface area contributed by atoms with Crippen LogP contribution in [0.3, 0.4) is 0 Å². The van der Waals surface area contributed by atoms with Gasteiger partial charge < -0.3 is 5.32 Å². The van der Waals surface area contributed by atoms with Crippen molar-refractivity contribution in [3.8, 4) is 0 Å². The maximum atomic E-state index is 12.1. The molecule has 2 rings (SSSR count). The Morgan fingerprint density at radius 1 is 1.11 bits per heavy atom. The number of amides is 1. The quantitative estimate of drug-likeness (QED) is 0.773. The summed E-state index contributed by atoms with van der Waals surface area (Å²) >= 11 is 15.2. The van der Waals surface area contributed by atoms with E-state index in [-0.39, 0.29) is 5.91 Å². The monoisotopic (exact) mass is 357 g/mol. The zero-order valence-electron chi connectivity index (χ0n) is 10.0. The van der Waals surface area contributed by atoms with Gasteiger partial charge in [0.25, 0.3) is 5.91 Å². The van der Waals surface area contributed by atoms with Gasteiger partial charge in [-0.05, 0) is 42.8 Å². The number of carbonyl (C=O) groups is 1. The van der Waals surface area contributed by atoms with Crippen LogP contribution in [0.4, 0.5) is 5.69 Å². The van der Waals surface area contributed by atoms with Crippen LogP contribution in [0.25, 0.3) is 0 Å². The van der Waals surface area contributed by atoms with E-state index < -0.39 is 0 Å². The highest BCUT2D eigenvalue weighted by Crippen LogP contribution is 2.23. The second kappa shape index (κ2) is 5.95. The van der Waals surface area contributed by atoms with Crippen LogP contribution in [0.15, 0.2) is 40.9 Å². The Hall–Kier alpha value is -1.03. The molecule has 2 aromatic carbocycles. The van der Waals surface area contributed by atoms with Gasteiger partial charge in [-0.2, -0.15) is 0 Å². The fourth-order valence-corrected chi connectivity index (χ4v) is 2.46. The van der Waals surface area contributed by atoms with Gasteiger partial charge in [-0.25, -0.2) is 0 Å². The molecule has 19 heavy (non-hydrogen) atoms. The van der Waals surface area contributed by atoms with Crippen molar-refractivity contribution in [1.29, 1.82) is 0 Å². The number of aryl methyl sites for hydroxylation is 1. The predicted molar refractivity (Wildman–Crippen MR) is 83.3 cm³/mol. The minimum atomic E-state index is -0.250. The molecule has 1 amide bonds. The molecule has 98 valence electrons. The molecule has 2 aromatic rings. The molecule has 0 fully saturated rings. The summed E-state index contributed by atoms with van der Waals surface area (Å²) in [7, 11) is 0. The van der Waals surface area contributed by atoms with Gasteiger partial charge in [-0.15, -0.1) is 0 Å². The fraction of sp³-hybridized carbons (Fsp3) is 0.0714. The van der Waals surface area contributed by atoms with Crippen LogP contribution < -0.4 is 5.32 Å². The highest BCUT2D eigenvalue weighted by molar-refractivity contribution is 9.10. The zero-order valence-corrected chi connectivity index (χ0v) is 13.1. The van der Waals surface area contributed by atoms with Crippen LogP contribution in [0, 0.1) is 6.92 Å². The maximum Gasteiger partial charge on any atom is 0.255 e. The minimum Gasteiger partial charge on any atom is -0.322 e. The van der Waals surface area contributed by atoms with Crippen molar-refractivity contribution in [2.75, 3.05) is 5.32 Å². The highest BCUT2D eigenvalue weighted by Gasteiger charge is 2.09. The van der Waals surface area contributed by atoms with Crippen LogP contribution >= 0.6 is 39.1 Å². The third kappa shape index (κ3) is 3.72. The van der Waals surface area contributed by atoms with Gasteiger partial charge in [0.05, 0.1) is 0 Å². The summed E-state index contributed by atoms with van der Waals surface area (Å²) in [6.45, 7) is 1.98. The molecule has 0 aliphatic rings. The molecule has 0 bridgehead atoms. The molecule has 2 nitrogen and oxygen atoms in total. The van der Waals surface area contributed by atoms with E-state index in [4.69, 9.17) is 23.2 Å². The molecule has 0 atom stereocenters. The Balaban J connectivity index is 2.22. The van der Waals surface area contributed by atoms with E-state index in [0.717, 1.165) is 10.0 Å². The maximum absolute atomic E-state index is 12.1. The van der Waals surface area contributed by atoms with Crippen LogP contribution in [-0.2, 0) is 0 Å². The van der Waals surface area contributed by atoms with E-state index in [1.54, 1.807) is 18.2 Å². The lowest BCUT2D eigenvalue weighted by Gasteiger charge is -2.07. The van der Waals surface area contributed by atoms with Crippen LogP contribution in [0.5, 0.6) is 0 Å². The fourth-order valence-electron chi connectivity index (χ4n) is 1.56. The third-order valence-corrected chi connectivity index (χ3v) is 3.85.